The van der Waals surface area contributed by atoms with Crippen molar-refractivity contribution < 1.29 is 22.7 Å². The number of halogens is 6. The molecule has 0 amide bonds. The van der Waals surface area contributed by atoms with E-state index in [0.29, 0.717) is 6.08 Å². The Kier molecular flexibility index (Phi) is 5.29. The summed E-state index contributed by atoms with van der Waals surface area (Å²) in [7, 11) is 0. The van der Waals surface area contributed by atoms with E-state index in [-0.39, 0.29) is 0 Å². The molecule has 0 fully saturated rings. The molecule has 0 spiro atoms. The lowest BCUT2D eigenvalue weighted by atomic mass is 9.77. The Morgan fingerprint density at radius 1 is 1.32 bits per heavy atom. The number of alkyl halides is 6. The van der Waals surface area contributed by atoms with Crippen LogP contribution in [-0.2, 0) is 0 Å². The van der Waals surface area contributed by atoms with Crippen molar-refractivity contribution in [1.29, 1.82) is 0 Å². The van der Waals surface area contributed by atoms with Gasteiger partial charge in [-0.2, -0.15) is 13.2 Å². The molecule has 0 heterocycles. The van der Waals surface area contributed by atoms with Gasteiger partial charge in [-0.3, -0.25) is 0 Å². The van der Waals surface area contributed by atoms with Crippen LogP contribution in [0.5, 0.6) is 0 Å². The zero-order chi connectivity index (χ0) is 15.0. The van der Waals surface area contributed by atoms with E-state index in [4.69, 9.17) is 0 Å². The summed E-state index contributed by atoms with van der Waals surface area (Å²) >= 11 is 6.12. The summed E-state index contributed by atoms with van der Waals surface area (Å²) in [5.74, 6) is -1.05. The topological polar surface area (TPSA) is 20.2 Å². The van der Waals surface area contributed by atoms with Gasteiger partial charge in [0.05, 0.1) is 16.5 Å². The van der Waals surface area contributed by atoms with Crippen LogP contribution in [0.3, 0.4) is 0 Å². The van der Waals surface area contributed by atoms with Gasteiger partial charge in [-0.15, -0.1) is 0 Å². The predicted molar refractivity (Wildman–Crippen MR) is 73.4 cm³/mol. The van der Waals surface area contributed by atoms with E-state index in [0.717, 1.165) is 12.2 Å². The first kappa shape index (κ1) is 17.2. The normalized spacial score (nSPS) is 32.7. The van der Waals surface area contributed by atoms with Crippen LogP contribution in [0.1, 0.15) is 13.8 Å². The van der Waals surface area contributed by atoms with E-state index in [9.17, 15) is 22.7 Å². The highest BCUT2D eigenvalue weighted by molar-refractivity contribution is 9.09. The van der Waals surface area contributed by atoms with Crippen molar-refractivity contribution in [2.45, 2.75) is 41.5 Å². The summed E-state index contributed by atoms with van der Waals surface area (Å²) in [6.07, 6.45) is -3.28. The van der Waals surface area contributed by atoms with Gasteiger partial charge in [0.25, 0.3) is 0 Å². The van der Waals surface area contributed by atoms with Crippen molar-refractivity contribution in [2.75, 3.05) is 0 Å². The first-order chi connectivity index (χ1) is 8.50. The quantitative estimate of drug-likeness (QED) is 0.544. The van der Waals surface area contributed by atoms with Crippen LogP contribution < -0.4 is 0 Å². The molecule has 0 aromatic rings. The first-order valence-electron chi connectivity index (χ1n) is 5.63. The van der Waals surface area contributed by atoms with E-state index in [1.54, 1.807) is 6.92 Å². The summed E-state index contributed by atoms with van der Waals surface area (Å²) in [4.78, 5) is -1.31. The fourth-order valence-corrected chi connectivity index (χ4v) is 2.72. The Bertz CT molecular complexity index is 390. The van der Waals surface area contributed by atoms with Crippen LogP contribution in [0.25, 0.3) is 0 Å². The molecule has 0 bridgehead atoms. The molecule has 1 rings (SSSR count). The van der Waals surface area contributed by atoms with Gasteiger partial charge in [-0.25, -0.2) is 4.39 Å². The van der Waals surface area contributed by atoms with Crippen LogP contribution in [0.4, 0.5) is 17.6 Å². The average Bonchev–Trinajstić information content (AvgIpc) is 2.26. The molecule has 0 saturated heterocycles. The SMILES string of the molecule is CC(Br)C(O)C1C=CC(C(F)(F)F)=CC1(F)C(C)Br. The van der Waals surface area contributed by atoms with Gasteiger partial charge in [0.1, 0.15) is 0 Å². The Hall–Kier alpha value is 0.120. The Morgan fingerprint density at radius 2 is 1.84 bits per heavy atom. The van der Waals surface area contributed by atoms with E-state index >= 15 is 0 Å². The first-order valence-corrected chi connectivity index (χ1v) is 7.46. The van der Waals surface area contributed by atoms with Gasteiger partial charge in [0, 0.05) is 10.7 Å². The number of aliphatic hydroxyl groups is 1. The smallest absolute Gasteiger partial charge is 0.391 e. The number of hydrogen-bond donors (Lipinski definition) is 1. The zero-order valence-corrected chi connectivity index (χ0v) is 13.4. The van der Waals surface area contributed by atoms with Crippen molar-refractivity contribution in [3.63, 3.8) is 0 Å². The van der Waals surface area contributed by atoms with Crippen LogP contribution in [0.15, 0.2) is 23.8 Å². The molecule has 1 aliphatic rings. The maximum Gasteiger partial charge on any atom is 0.416 e. The summed E-state index contributed by atoms with van der Waals surface area (Å²) in [5.41, 5.74) is -3.34. The van der Waals surface area contributed by atoms with Crippen molar-refractivity contribution in [1.82, 2.24) is 0 Å². The predicted octanol–water partition coefficient (Wildman–Crippen LogP) is 4.30. The van der Waals surface area contributed by atoms with Crippen molar-refractivity contribution in [3.05, 3.63) is 23.8 Å². The summed E-state index contributed by atoms with van der Waals surface area (Å²) < 4.78 is 52.9. The van der Waals surface area contributed by atoms with Gasteiger partial charge in [0.2, 0.25) is 0 Å². The molecule has 1 aliphatic carbocycles. The molecule has 5 unspecified atom stereocenters. The molecular formula is C12H14Br2F4O. The number of hydrogen-bond acceptors (Lipinski definition) is 1. The molecule has 1 N–H and O–H groups in total. The molecule has 0 radical (unpaired) electrons. The lowest BCUT2D eigenvalue weighted by molar-refractivity contribution is -0.0908. The Morgan fingerprint density at radius 3 is 2.21 bits per heavy atom. The minimum atomic E-state index is -4.61. The molecule has 7 heteroatoms. The molecule has 0 saturated carbocycles. The highest BCUT2D eigenvalue weighted by Crippen LogP contribution is 2.43. The highest BCUT2D eigenvalue weighted by atomic mass is 79.9. The van der Waals surface area contributed by atoms with Gasteiger partial charge in [-0.1, -0.05) is 50.9 Å². The van der Waals surface area contributed by atoms with E-state index in [1.807, 2.05) is 0 Å². The minimum Gasteiger partial charge on any atom is -0.391 e. The van der Waals surface area contributed by atoms with Gasteiger partial charge < -0.3 is 5.11 Å². The largest absolute Gasteiger partial charge is 0.416 e. The highest BCUT2D eigenvalue weighted by Gasteiger charge is 2.49. The molecule has 0 aromatic carbocycles. The summed E-state index contributed by atoms with van der Waals surface area (Å²) in [6.45, 7) is 3.03. The van der Waals surface area contributed by atoms with Crippen LogP contribution >= 0.6 is 31.9 Å². The summed E-state index contributed by atoms with van der Waals surface area (Å²) in [6, 6.07) is 0. The average molecular weight is 410 g/mol. The number of aliphatic hydroxyl groups excluding tert-OH is 1. The molecule has 1 nitrogen and oxygen atoms in total. The fraction of sp³-hybridized carbons (Fsp3) is 0.667. The zero-order valence-electron chi connectivity index (χ0n) is 10.3. The third-order valence-corrected chi connectivity index (χ3v) is 4.39. The minimum absolute atomic E-state index is 0.440. The second-order valence-corrected chi connectivity index (χ2v) is 7.41. The molecule has 0 aromatic heterocycles. The van der Waals surface area contributed by atoms with Crippen LogP contribution in [-0.4, -0.2) is 32.7 Å². The molecule has 5 atom stereocenters. The van der Waals surface area contributed by atoms with E-state index in [1.165, 1.54) is 6.92 Å². The van der Waals surface area contributed by atoms with Gasteiger partial charge >= 0.3 is 6.18 Å². The maximum atomic E-state index is 14.9. The standard InChI is InChI=1S/C12H14Br2F4O/c1-6(13)10(19)9-4-3-8(12(16,17)18)5-11(9,15)7(2)14/h3-7,9-10,19H,1-2H3. The number of allylic oxidation sites excluding steroid dienone is 3. The lowest BCUT2D eigenvalue weighted by Crippen LogP contribution is -2.48. The van der Waals surface area contributed by atoms with Crippen molar-refractivity contribution in [2.24, 2.45) is 5.92 Å². The second-order valence-electron chi connectivity index (χ2n) is 4.59. The third-order valence-electron chi connectivity index (χ3n) is 3.15. The third kappa shape index (κ3) is 3.61. The van der Waals surface area contributed by atoms with Gasteiger partial charge in [0.15, 0.2) is 5.67 Å². The fourth-order valence-electron chi connectivity index (χ4n) is 1.96. The van der Waals surface area contributed by atoms with Gasteiger partial charge in [-0.05, 0) is 13.0 Å². The number of rotatable bonds is 3. The van der Waals surface area contributed by atoms with Crippen molar-refractivity contribution in [3.8, 4) is 0 Å². The molecular weight excluding hydrogens is 396 g/mol. The second kappa shape index (κ2) is 5.85. The lowest BCUT2D eigenvalue weighted by Gasteiger charge is -2.38. The Balaban J connectivity index is 3.20. The summed E-state index contributed by atoms with van der Waals surface area (Å²) in [5, 5.41) is 9.96. The monoisotopic (exact) mass is 408 g/mol. The Labute approximate surface area is 126 Å². The molecule has 110 valence electrons. The van der Waals surface area contributed by atoms with E-state index in [2.05, 4.69) is 31.9 Å². The van der Waals surface area contributed by atoms with Crippen molar-refractivity contribution >= 4 is 31.9 Å². The molecule has 19 heavy (non-hydrogen) atoms. The molecule has 0 aliphatic heterocycles. The van der Waals surface area contributed by atoms with Crippen LogP contribution in [0, 0.1) is 5.92 Å². The maximum absolute atomic E-state index is 14.9. The van der Waals surface area contributed by atoms with E-state index < -0.39 is 39.1 Å². The van der Waals surface area contributed by atoms with Crippen LogP contribution in [0.2, 0.25) is 0 Å².